The van der Waals surface area contributed by atoms with Gasteiger partial charge in [-0.3, -0.25) is 0 Å². The molecule has 1 aliphatic heterocycles. The van der Waals surface area contributed by atoms with Crippen LogP contribution in [0.4, 0.5) is 0 Å². The highest BCUT2D eigenvalue weighted by molar-refractivity contribution is 7.89. The summed E-state index contributed by atoms with van der Waals surface area (Å²) < 4.78 is 25.8. The maximum atomic E-state index is 12.4. The first kappa shape index (κ1) is 12.3. The third-order valence-electron chi connectivity index (χ3n) is 3.19. The maximum absolute atomic E-state index is 12.4. The summed E-state index contributed by atoms with van der Waals surface area (Å²) in [7, 11) is -3.63. The third-order valence-corrected chi connectivity index (χ3v) is 5.05. The summed E-state index contributed by atoms with van der Waals surface area (Å²) >= 11 is 0. The van der Waals surface area contributed by atoms with Gasteiger partial charge in [0.15, 0.2) is 0 Å². The lowest BCUT2D eigenvalue weighted by molar-refractivity contribution is 0.240. The number of benzene rings is 2. The summed E-state index contributed by atoms with van der Waals surface area (Å²) in [5, 5.41) is 9.88. The van der Waals surface area contributed by atoms with Gasteiger partial charge < -0.3 is 5.11 Å². The Bertz CT molecular complexity index is 670. The van der Waals surface area contributed by atoms with Crippen LogP contribution >= 0.6 is 0 Å². The number of rotatable bonds is 3. The maximum Gasteiger partial charge on any atom is 0.246 e. The zero-order valence-corrected chi connectivity index (χ0v) is 10.9. The van der Waals surface area contributed by atoms with Crippen molar-refractivity contribution >= 4 is 10.0 Å². The molecule has 1 N–H and O–H groups in total. The molecule has 0 radical (unpaired) electrons. The summed E-state index contributed by atoms with van der Waals surface area (Å²) in [6, 6.07) is 16.8. The normalized spacial score (nSPS) is 26.1. The van der Waals surface area contributed by atoms with Crippen LogP contribution in [-0.4, -0.2) is 24.1 Å². The molecule has 98 valence electrons. The van der Waals surface area contributed by atoms with Gasteiger partial charge in [-0.25, -0.2) is 8.42 Å². The van der Waals surface area contributed by atoms with Crippen molar-refractivity contribution < 1.29 is 13.5 Å². The molecule has 1 heterocycles. The van der Waals surface area contributed by atoms with Crippen molar-refractivity contribution in [1.82, 2.24) is 4.31 Å². The molecule has 0 saturated carbocycles. The number of hydrogen-bond donors (Lipinski definition) is 1. The molecule has 0 spiro atoms. The molecule has 0 bridgehead atoms. The van der Waals surface area contributed by atoms with Gasteiger partial charge in [0.2, 0.25) is 10.0 Å². The van der Waals surface area contributed by atoms with E-state index in [0.717, 1.165) is 9.87 Å². The average Bonchev–Trinajstić information content (AvgIpc) is 3.13. The molecule has 0 amide bonds. The Morgan fingerprint density at radius 2 is 1.42 bits per heavy atom. The molecule has 19 heavy (non-hydrogen) atoms. The van der Waals surface area contributed by atoms with Crippen LogP contribution in [0.3, 0.4) is 0 Å². The van der Waals surface area contributed by atoms with Crippen LogP contribution in [0, 0.1) is 0 Å². The molecule has 3 unspecified atom stereocenters. The van der Waals surface area contributed by atoms with Gasteiger partial charge in [-0.2, -0.15) is 4.31 Å². The van der Waals surface area contributed by atoms with E-state index in [-0.39, 0.29) is 4.90 Å². The second-order valence-corrected chi connectivity index (χ2v) is 6.26. The van der Waals surface area contributed by atoms with Gasteiger partial charge in [0.25, 0.3) is 0 Å². The smallest absolute Gasteiger partial charge is 0.246 e. The van der Waals surface area contributed by atoms with Gasteiger partial charge in [-0.1, -0.05) is 48.5 Å². The molecule has 4 nitrogen and oxygen atoms in total. The minimum Gasteiger partial charge on any atom is -0.375 e. The summed E-state index contributed by atoms with van der Waals surface area (Å²) in [4.78, 5) is 0.201. The Kier molecular flexibility index (Phi) is 2.89. The first-order valence-corrected chi connectivity index (χ1v) is 7.38. The van der Waals surface area contributed by atoms with Crippen LogP contribution in [-0.2, 0) is 10.0 Å². The van der Waals surface area contributed by atoms with E-state index in [1.807, 2.05) is 30.3 Å². The number of aliphatic hydroxyl groups is 1. The predicted octanol–water partition coefficient (Wildman–Crippen LogP) is 1.75. The zero-order chi connectivity index (χ0) is 13.5. The van der Waals surface area contributed by atoms with Crippen LogP contribution in [0.15, 0.2) is 65.6 Å². The van der Waals surface area contributed by atoms with Crippen LogP contribution in [0.5, 0.6) is 0 Å². The predicted molar refractivity (Wildman–Crippen MR) is 70.7 cm³/mol. The van der Waals surface area contributed by atoms with E-state index in [1.165, 1.54) is 12.1 Å². The molecule has 5 heteroatoms. The summed E-state index contributed by atoms with van der Waals surface area (Å²) in [5.74, 6) is 0. The van der Waals surface area contributed by atoms with Crippen molar-refractivity contribution in [1.29, 1.82) is 0 Å². The van der Waals surface area contributed by atoms with Gasteiger partial charge in [0.05, 0.1) is 10.9 Å². The Labute approximate surface area is 112 Å². The number of sulfonamides is 1. The number of hydrogen-bond acceptors (Lipinski definition) is 3. The van der Waals surface area contributed by atoms with Crippen LogP contribution in [0.2, 0.25) is 0 Å². The molecule has 2 aromatic carbocycles. The van der Waals surface area contributed by atoms with Crippen molar-refractivity contribution in [3.8, 4) is 0 Å². The first-order chi connectivity index (χ1) is 9.12. The fourth-order valence-electron chi connectivity index (χ4n) is 2.17. The van der Waals surface area contributed by atoms with Crippen LogP contribution < -0.4 is 0 Å². The molecule has 2 aromatic rings. The minimum absolute atomic E-state index is 0.201. The average molecular weight is 275 g/mol. The quantitative estimate of drug-likeness (QED) is 0.868. The number of aliphatic hydroxyl groups excluding tert-OH is 1. The zero-order valence-electron chi connectivity index (χ0n) is 10.0. The van der Waals surface area contributed by atoms with Gasteiger partial charge in [0, 0.05) is 0 Å². The van der Waals surface area contributed by atoms with E-state index in [1.54, 1.807) is 18.2 Å². The molecule has 3 atom stereocenters. The Balaban J connectivity index is 1.93. The SMILES string of the molecule is O=S(=O)(c1ccccc1)N1C(O)C1c1ccccc1. The van der Waals surface area contributed by atoms with E-state index in [4.69, 9.17) is 0 Å². The fourth-order valence-corrected chi connectivity index (χ4v) is 3.79. The van der Waals surface area contributed by atoms with Gasteiger partial charge in [0.1, 0.15) is 6.23 Å². The topological polar surface area (TPSA) is 57.4 Å². The van der Waals surface area contributed by atoms with Gasteiger partial charge in [-0.15, -0.1) is 0 Å². The van der Waals surface area contributed by atoms with Crippen LogP contribution in [0.25, 0.3) is 0 Å². The molecule has 1 aliphatic rings. The Morgan fingerprint density at radius 3 is 2.00 bits per heavy atom. The second kappa shape index (κ2) is 4.45. The highest BCUT2D eigenvalue weighted by Gasteiger charge is 2.55. The van der Waals surface area contributed by atoms with E-state index in [2.05, 4.69) is 0 Å². The molecular weight excluding hydrogens is 262 g/mol. The summed E-state index contributed by atoms with van der Waals surface area (Å²) in [6.07, 6.45) is -0.979. The van der Waals surface area contributed by atoms with Crippen molar-refractivity contribution in [2.45, 2.75) is 17.2 Å². The van der Waals surface area contributed by atoms with Crippen molar-refractivity contribution in [2.24, 2.45) is 0 Å². The second-order valence-electron chi connectivity index (χ2n) is 4.42. The standard InChI is InChI=1S/C14H13NO3S/c16-14-13(11-7-3-1-4-8-11)15(14)19(17,18)12-9-5-2-6-10-12/h1-10,13-14,16H. The highest BCUT2D eigenvalue weighted by Crippen LogP contribution is 2.45. The highest BCUT2D eigenvalue weighted by atomic mass is 32.2. The lowest BCUT2D eigenvalue weighted by Crippen LogP contribution is -2.14. The summed E-state index contributed by atoms with van der Waals surface area (Å²) in [6.45, 7) is 0. The largest absolute Gasteiger partial charge is 0.375 e. The monoisotopic (exact) mass is 275 g/mol. The van der Waals surface area contributed by atoms with Crippen molar-refractivity contribution in [3.63, 3.8) is 0 Å². The molecular formula is C14H13NO3S. The van der Waals surface area contributed by atoms with E-state index in [9.17, 15) is 13.5 Å². The van der Waals surface area contributed by atoms with Crippen LogP contribution in [0.1, 0.15) is 11.6 Å². The number of nitrogens with zero attached hydrogens (tertiary/aromatic N) is 1. The van der Waals surface area contributed by atoms with Gasteiger partial charge in [-0.05, 0) is 17.7 Å². The molecule has 1 saturated heterocycles. The van der Waals surface area contributed by atoms with Gasteiger partial charge >= 0.3 is 0 Å². The molecule has 0 aliphatic carbocycles. The first-order valence-electron chi connectivity index (χ1n) is 5.94. The Morgan fingerprint density at radius 1 is 0.895 bits per heavy atom. The van der Waals surface area contributed by atoms with Crippen molar-refractivity contribution in [3.05, 3.63) is 66.2 Å². The van der Waals surface area contributed by atoms with E-state index in [0.29, 0.717) is 0 Å². The molecule has 3 rings (SSSR count). The summed E-state index contributed by atoms with van der Waals surface area (Å²) in [5.41, 5.74) is 0.800. The lowest BCUT2D eigenvalue weighted by atomic mass is 10.2. The molecule has 0 aromatic heterocycles. The van der Waals surface area contributed by atoms with E-state index >= 15 is 0 Å². The Hall–Kier alpha value is -1.69. The van der Waals surface area contributed by atoms with Crippen molar-refractivity contribution in [2.75, 3.05) is 0 Å². The van der Waals surface area contributed by atoms with E-state index < -0.39 is 22.3 Å². The molecule has 1 fully saturated rings. The fraction of sp³-hybridized carbons (Fsp3) is 0.143. The minimum atomic E-state index is -3.63. The third kappa shape index (κ3) is 2.06. The lowest BCUT2D eigenvalue weighted by Gasteiger charge is -2.05.